The van der Waals surface area contributed by atoms with Gasteiger partial charge >= 0.3 is 11.9 Å². The average Bonchev–Trinajstić information content (AvgIpc) is 3.76. The quantitative estimate of drug-likeness (QED) is 0.136. The predicted octanol–water partition coefficient (Wildman–Crippen LogP) is 6.72. The number of nitrogens with zero attached hydrogens (tertiary/aromatic N) is 4. The summed E-state index contributed by atoms with van der Waals surface area (Å²) in [6, 6.07) is 30.9. The molecule has 0 aliphatic carbocycles. The van der Waals surface area contributed by atoms with Gasteiger partial charge in [-0.1, -0.05) is 78.9 Å². The van der Waals surface area contributed by atoms with E-state index in [1.54, 1.807) is 35.9 Å². The molecule has 0 saturated heterocycles. The lowest BCUT2D eigenvalue weighted by molar-refractivity contribution is -0.140. The Morgan fingerprint density at radius 2 is 1.63 bits per heavy atom. The monoisotopic (exact) mass is 738 g/mol. The summed E-state index contributed by atoms with van der Waals surface area (Å²) < 4.78 is 20.4. The van der Waals surface area contributed by atoms with Crippen molar-refractivity contribution in [1.82, 2.24) is 14.3 Å². The van der Waals surface area contributed by atoms with Gasteiger partial charge in [-0.3, -0.25) is 9.36 Å². The van der Waals surface area contributed by atoms with E-state index in [2.05, 4.69) is 6.92 Å². The summed E-state index contributed by atoms with van der Waals surface area (Å²) in [6.45, 7) is 6.48. The van der Waals surface area contributed by atoms with Crippen molar-refractivity contribution in [2.45, 2.75) is 39.8 Å². The molecule has 3 heterocycles. The van der Waals surface area contributed by atoms with Crippen molar-refractivity contribution in [1.29, 1.82) is 0 Å². The number of hydrogen-bond acceptors (Lipinski definition) is 9. The molecule has 0 spiro atoms. The Balaban J connectivity index is 1.35. The fraction of sp³-hybridized carbons (Fsp3) is 0.186. The highest BCUT2D eigenvalue weighted by molar-refractivity contribution is 7.07. The number of ether oxygens (including phenoxy) is 3. The minimum atomic E-state index is -0.872. The zero-order valence-corrected chi connectivity index (χ0v) is 31.1. The second kappa shape index (κ2) is 15.7. The molecule has 272 valence electrons. The maximum absolute atomic E-state index is 14.6. The fourth-order valence-corrected chi connectivity index (χ4v) is 7.40. The van der Waals surface area contributed by atoms with E-state index in [9.17, 15) is 14.4 Å². The van der Waals surface area contributed by atoms with Crippen LogP contribution in [0.4, 0.5) is 0 Å². The third kappa shape index (κ3) is 7.31. The Hall–Kier alpha value is -6.33. The fourth-order valence-electron chi connectivity index (χ4n) is 6.36. The van der Waals surface area contributed by atoms with Crippen molar-refractivity contribution in [3.8, 4) is 22.7 Å². The van der Waals surface area contributed by atoms with Gasteiger partial charge in [-0.25, -0.2) is 19.3 Å². The van der Waals surface area contributed by atoms with Crippen molar-refractivity contribution in [3.63, 3.8) is 0 Å². The highest BCUT2D eigenvalue weighted by Crippen LogP contribution is 2.32. The van der Waals surface area contributed by atoms with Crippen LogP contribution in [-0.4, -0.2) is 40.0 Å². The highest BCUT2D eigenvalue weighted by Gasteiger charge is 2.34. The number of methoxy groups -OCH3 is 1. The number of hydrogen-bond donors (Lipinski definition) is 0. The van der Waals surface area contributed by atoms with E-state index in [0.29, 0.717) is 38.5 Å². The van der Waals surface area contributed by atoms with E-state index < -0.39 is 18.0 Å². The third-order valence-corrected chi connectivity index (χ3v) is 10.0. The van der Waals surface area contributed by atoms with Gasteiger partial charge in [-0.05, 0) is 85.5 Å². The molecule has 0 bridgehead atoms. The van der Waals surface area contributed by atoms with E-state index in [1.807, 2.05) is 98.1 Å². The molecule has 54 heavy (non-hydrogen) atoms. The molecule has 4 aromatic carbocycles. The SMILES string of the molecule is CCCOc1ccc(-c2nn(-c3ccccc3)cc2C=c2sc3n(c2=O)C(c2ccc(C(=O)OC)cc2)C(C(=O)OCc2ccccc2)=C(C)N=3)cc1C. The molecule has 7 rings (SSSR count). The Kier molecular flexibility index (Phi) is 10.5. The smallest absolute Gasteiger partial charge is 0.338 e. The third-order valence-electron chi connectivity index (χ3n) is 9.06. The van der Waals surface area contributed by atoms with Crippen molar-refractivity contribution < 1.29 is 23.8 Å². The van der Waals surface area contributed by atoms with Crippen LogP contribution in [0.5, 0.6) is 5.75 Å². The number of benzene rings is 4. The predicted molar refractivity (Wildman–Crippen MR) is 207 cm³/mol. The molecule has 1 aliphatic rings. The number of allylic oxidation sites excluding steroid dienone is 1. The van der Waals surface area contributed by atoms with E-state index >= 15 is 0 Å². The van der Waals surface area contributed by atoms with E-state index in [4.69, 9.17) is 24.3 Å². The van der Waals surface area contributed by atoms with Gasteiger partial charge in [-0.15, -0.1) is 0 Å². The lowest BCUT2D eigenvalue weighted by atomic mass is 9.95. The molecule has 2 aromatic heterocycles. The Labute approximate surface area is 315 Å². The van der Waals surface area contributed by atoms with Gasteiger partial charge in [0.05, 0.1) is 46.8 Å². The van der Waals surface area contributed by atoms with E-state index in [-0.39, 0.29) is 17.7 Å². The van der Waals surface area contributed by atoms with Crippen LogP contribution >= 0.6 is 11.3 Å². The number of esters is 2. The number of para-hydroxylation sites is 1. The van der Waals surface area contributed by atoms with Gasteiger partial charge in [0.1, 0.15) is 18.1 Å². The Morgan fingerprint density at radius 3 is 2.31 bits per heavy atom. The molecule has 0 radical (unpaired) electrons. The molecule has 0 N–H and O–H groups in total. The van der Waals surface area contributed by atoms with Gasteiger partial charge in [0.15, 0.2) is 4.80 Å². The molecule has 0 saturated carbocycles. The molecular weight excluding hydrogens is 701 g/mol. The summed E-state index contributed by atoms with van der Waals surface area (Å²) in [4.78, 5) is 46.0. The lowest BCUT2D eigenvalue weighted by Crippen LogP contribution is -2.39. The van der Waals surface area contributed by atoms with Crippen LogP contribution in [0, 0.1) is 6.92 Å². The van der Waals surface area contributed by atoms with Crippen LogP contribution in [0.1, 0.15) is 58.9 Å². The molecule has 1 atom stereocenters. The number of thiazole rings is 1. The van der Waals surface area contributed by atoms with Crippen LogP contribution in [0.3, 0.4) is 0 Å². The number of rotatable bonds is 11. The molecular formula is C43H38N4O6S. The number of aryl methyl sites for hydroxylation is 1. The summed E-state index contributed by atoms with van der Waals surface area (Å²) in [5, 5.41) is 4.99. The van der Waals surface area contributed by atoms with Crippen LogP contribution in [0.2, 0.25) is 0 Å². The first-order valence-corrected chi connectivity index (χ1v) is 18.4. The molecule has 0 amide bonds. The molecule has 6 aromatic rings. The van der Waals surface area contributed by atoms with Crippen LogP contribution in [-0.2, 0) is 20.9 Å². The van der Waals surface area contributed by atoms with Crippen molar-refractivity contribution in [2.24, 2.45) is 4.99 Å². The lowest BCUT2D eigenvalue weighted by Gasteiger charge is -2.25. The number of aromatic nitrogens is 3. The zero-order valence-electron chi connectivity index (χ0n) is 30.3. The standard InChI is InChI=1S/C43H38N4O6S/c1-5-22-52-35-21-20-32(23-27(35)2)38-33(25-46(45-38)34-14-10-7-11-15-34)24-36-40(48)47-39(30-16-18-31(19-17-30)41(49)51-4)37(28(3)44-43(47)54-36)42(50)53-26-29-12-8-6-9-13-29/h6-21,23-25,39H,5,22,26H2,1-4H3. The second-order valence-electron chi connectivity index (χ2n) is 12.8. The minimum absolute atomic E-state index is 0.0498. The van der Waals surface area contributed by atoms with Crippen LogP contribution < -0.4 is 19.6 Å². The van der Waals surface area contributed by atoms with Crippen LogP contribution in [0.15, 0.2) is 130 Å². The van der Waals surface area contributed by atoms with Gasteiger partial charge in [0.25, 0.3) is 5.56 Å². The summed E-state index contributed by atoms with van der Waals surface area (Å²) >= 11 is 1.23. The summed E-state index contributed by atoms with van der Waals surface area (Å²) in [5.74, 6) is -0.277. The molecule has 1 unspecified atom stereocenters. The number of carbonyl (C=O) groups excluding carboxylic acids is 2. The molecule has 10 nitrogen and oxygen atoms in total. The molecule has 0 fully saturated rings. The number of fused-ring (bicyclic) bond motifs is 1. The van der Waals surface area contributed by atoms with Gasteiger partial charge < -0.3 is 14.2 Å². The van der Waals surface area contributed by atoms with Crippen molar-refractivity contribution in [3.05, 3.63) is 168 Å². The first-order chi connectivity index (χ1) is 26.2. The van der Waals surface area contributed by atoms with Crippen LogP contribution in [0.25, 0.3) is 23.0 Å². The maximum Gasteiger partial charge on any atom is 0.338 e. The first kappa shape index (κ1) is 36.0. The van der Waals surface area contributed by atoms with Gasteiger partial charge in [0, 0.05) is 17.3 Å². The highest BCUT2D eigenvalue weighted by atomic mass is 32.1. The van der Waals surface area contributed by atoms with Gasteiger partial charge in [0.2, 0.25) is 0 Å². The first-order valence-electron chi connectivity index (χ1n) is 17.6. The summed E-state index contributed by atoms with van der Waals surface area (Å²) in [5.41, 5.74) is 6.22. The minimum Gasteiger partial charge on any atom is -0.493 e. The normalized spacial score (nSPS) is 14.0. The topological polar surface area (TPSA) is 114 Å². The average molecular weight is 739 g/mol. The van der Waals surface area contributed by atoms with Crippen molar-refractivity contribution >= 4 is 29.4 Å². The largest absolute Gasteiger partial charge is 0.493 e. The maximum atomic E-state index is 14.6. The van der Waals surface area contributed by atoms with Crippen molar-refractivity contribution in [2.75, 3.05) is 13.7 Å². The Bertz CT molecular complexity index is 2550. The second-order valence-corrected chi connectivity index (χ2v) is 13.8. The zero-order chi connectivity index (χ0) is 37.8. The van der Waals surface area contributed by atoms with E-state index in [1.165, 1.54) is 23.0 Å². The Morgan fingerprint density at radius 1 is 0.907 bits per heavy atom. The molecule has 11 heteroatoms. The summed E-state index contributed by atoms with van der Waals surface area (Å²) in [6.07, 6.45) is 4.63. The van der Waals surface area contributed by atoms with E-state index in [0.717, 1.165) is 40.1 Å². The molecule has 1 aliphatic heterocycles. The number of carbonyl (C=O) groups is 2. The summed E-state index contributed by atoms with van der Waals surface area (Å²) in [7, 11) is 1.31. The van der Waals surface area contributed by atoms with Gasteiger partial charge in [-0.2, -0.15) is 5.10 Å².